The Balaban J connectivity index is 1.95. The standard InChI is InChI=1S/C22H23FN2O3S2/c1-15(2)19-7-4-6-16(3)22(19)24-20(26)14-25(18-11-9-17(23)10-12-18)30(27,28)21-8-5-13-29-21/h4-13,15H,14H2,1-3H3,(H,24,26). The van der Waals surface area contributed by atoms with Gasteiger partial charge in [0.05, 0.1) is 5.69 Å². The number of amides is 1. The number of carbonyl (C=O) groups is 1. The van der Waals surface area contributed by atoms with Crippen LogP contribution in [0.25, 0.3) is 0 Å². The molecule has 0 saturated carbocycles. The number of rotatable bonds is 7. The lowest BCUT2D eigenvalue weighted by Gasteiger charge is -2.24. The Labute approximate surface area is 180 Å². The van der Waals surface area contributed by atoms with Gasteiger partial charge in [-0.3, -0.25) is 9.10 Å². The highest BCUT2D eigenvalue weighted by molar-refractivity contribution is 7.94. The summed E-state index contributed by atoms with van der Waals surface area (Å²) in [5.74, 6) is -0.780. The van der Waals surface area contributed by atoms with Crippen molar-refractivity contribution in [3.05, 3.63) is 76.9 Å². The van der Waals surface area contributed by atoms with Gasteiger partial charge >= 0.3 is 0 Å². The molecule has 0 bridgehead atoms. The number of halogens is 1. The summed E-state index contributed by atoms with van der Waals surface area (Å²) < 4.78 is 40.8. The normalized spacial score (nSPS) is 11.5. The van der Waals surface area contributed by atoms with Crippen LogP contribution in [0.4, 0.5) is 15.8 Å². The molecule has 158 valence electrons. The van der Waals surface area contributed by atoms with Crippen LogP contribution in [0.5, 0.6) is 0 Å². The highest BCUT2D eigenvalue weighted by Gasteiger charge is 2.28. The predicted octanol–water partition coefficient (Wildman–Crippen LogP) is 5.15. The molecule has 0 aliphatic rings. The lowest BCUT2D eigenvalue weighted by Crippen LogP contribution is -2.38. The number of hydrogen-bond acceptors (Lipinski definition) is 4. The molecule has 0 radical (unpaired) electrons. The van der Waals surface area contributed by atoms with E-state index in [0.29, 0.717) is 5.69 Å². The van der Waals surface area contributed by atoms with Crippen LogP contribution in [0, 0.1) is 12.7 Å². The smallest absolute Gasteiger partial charge is 0.274 e. The van der Waals surface area contributed by atoms with E-state index < -0.39 is 28.3 Å². The van der Waals surface area contributed by atoms with Crippen LogP contribution in [-0.4, -0.2) is 20.9 Å². The Hall–Kier alpha value is -2.71. The second-order valence-corrected chi connectivity index (χ2v) is 10.2. The summed E-state index contributed by atoms with van der Waals surface area (Å²) in [5, 5.41) is 4.52. The number of nitrogens with one attached hydrogen (secondary N) is 1. The maximum absolute atomic E-state index is 13.4. The van der Waals surface area contributed by atoms with Crippen LogP contribution in [0.3, 0.4) is 0 Å². The van der Waals surface area contributed by atoms with Crippen LogP contribution < -0.4 is 9.62 Å². The molecule has 1 amide bonds. The zero-order valence-electron chi connectivity index (χ0n) is 16.9. The van der Waals surface area contributed by atoms with Crippen LogP contribution >= 0.6 is 11.3 Å². The molecular formula is C22H23FN2O3S2. The van der Waals surface area contributed by atoms with E-state index in [4.69, 9.17) is 0 Å². The first-order valence-corrected chi connectivity index (χ1v) is 11.7. The van der Waals surface area contributed by atoms with Crippen molar-refractivity contribution in [2.45, 2.75) is 30.9 Å². The van der Waals surface area contributed by atoms with Gasteiger partial charge in [0.15, 0.2) is 0 Å². The van der Waals surface area contributed by atoms with Crippen molar-refractivity contribution >= 4 is 38.6 Å². The molecule has 0 aliphatic heterocycles. The lowest BCUT2D eigenvalue weighted by atomic mass is 9.98. The van der Waals surface area contributed by atoms with Crippen molar-refractivity contribution in [1.82, 2.24) is 0 Å². The third-order valence-corrected chi connectivity index (χ3v) is 7.78. The number of benzene rings is 2. The van der Waals surface area contributed by atoms with Crippen molar-refractivity contribution in [3.8, 4) is 0 Å². The largest absolute Gasteiger partial charge is 0.324 e. The molecule has 0 spiro atoms. The fraction of sp³-hybridized carbons (Fsp3) is 0.227. The number of hydrogen-bond donors (Lipinski definition) is 1. The number of nitrogens with zero attached hydrogens (tertiary/aromatic N) is 1. The van der Waals surface area contributed by atoms with Gasteiger partial charge < -0.3 is 5.32 Å². The Morgan fingerprint density at radius 1 is 1.10 bits per heavy atom. The molecule has 8 heteroatoms. The third-order valence-electron chi connectivity index (χ3n) is 4.63. The first-order chi connectivity index (χ1) is 14.2. The van der Waals surface area contributed by atoms with Gasteiger partial charge in [0.2, 0.25) is 5.91 Å². The molecular weight excluding hydrogens is 423 g/mol. The Morgan fingerprint density at radius 2 is 1.80 bits per heavy atom. The topological polar surface area (TPSA) is 66.5 Å². The molecule has 1 heterocycles. The molecule has 30 heavy (non-hydrogen) atoms. The van der Waals surface area contributed by atoms with Gasteiger partial charge in [-0.2, -0.15) is 0 Å². The van der Waals surface area contributed by atoms with Gasteiger partial charge in [-0.1, -0.05) is 38.1 Å². The number of aryl methyl sites for hydroxylation is 1. The summed E-state index contributed by atoms with van der Waals surface area (Å²) >= 11 is 1.06. The molecule has 3 rings (SSSR count). The lowest BCUT2D eigenvalue weighted by molar-refractivity contribution is -0.114. The molecule has 0 atom stereocenters. The third kappa shape index (κ3) is 4.71. The molecule has 0 aliphatic carbocycles. The molecule has 1 aromatic heterocycles. The average molecular weight is 447 g/mol. The van der Waals surface area contributed by atoms with Crippen LogP contribution in [0.15, 0.2) is 64.2 Å². The minimum Gasteiger partial charge on any atom is -0.324 e. The minimum absolute atomic E-state index is 0.110. The zero-order valence-corrected chi connectivity index (χ0v) is 18.6. The summed E-state index contributed by atoms with van der Waals surface area (Å²) in [4.78, 5) is 12.9. The average Bonchev–Trinajstić information content (AvgIpc) is 3.24. The molecule has 2 aromatic carbocycles. The van der Waals surface area contributed by atoms with Gasteiger partial charge in [0.25, 0.3) is 10.0 Å². The number of para-hydroxylation sites is 1. The van der Waals surface area contributed by atoms with Gasteiger partial charge in [-0.25, -0.2) is 12.8 Å². The molecule has 1 N–H and O–H groups in total. The number of sulfonamides is 1. The fourth-order valence-electron chi connectivity index (χ4n) is 3.09. The summed E-state index contributed by atoms with van der Waals surface area (Å²) in [5.41, 5.74) is 2.76. The number of carbonyl (C=O) groups excluding carboxylic acids is 1. The Bertz CT molecular complexity index is 1130. The van der Waals surface area contributed by atoms with E-state index in [-0.39, 0.29) is 15.8 Å². The number of anilines is 2. The van der Waals surface area contributed by atoms with Crippen LogP contribution in [0.2, 0.25) is 0 Å². The van der Waals surface area contributed by atoms with Crippen molar-refractivity contribution in [2.24, 2.45) is 0 Å². The van der Waals surface area contributed by atoms with Gasteiger partial charge in [0, 0.05) is 5.69 Å². The van der Waals surface area contributed by atoms with E-state index in [1.807, 2.05) is 39.0 Å². The summed E-state index contributed by atoms with van der Waals surface area (Å²) in [6.45, 7) is 5.51. The van der Waals surface area contributed by atoms with Crippen molar-refractivity contribution in [2.75, 3.05) is 16.2 Å². The van der Waals surface area contributed by atoms with E-state index in [1.165, 1.54) is 30.3 Å². The molecule has 0 unspecified atom stereocenters. The Morgan fingerprint density at radius 3 is 2.40 bits per heavy atom. The second-order valence-electron chi connectivity index (χ2n) is 7.16. The zero-order chi connectivity index (χ0) is 21.9. The minimum atomic E-state index is -3.98. The highest BCUT2D eigenvalue weighted by Crippen LogP contribution is 2.29. The molecule has 0 saturated heterocycles. The van der Waals surface area contributed by atoms with Crippen molar-refractivity contribution in [3.63, 3.8) is 0 Å². The SMILES string of the molecule is Cc1cccc(C(C)C)c1NC(=O)CN(c1ccc(F)cc1)S(=O)(=O)c1cccs1. The van der Waals surface area contributed by atoms with Gasteiger partial charge in [-0.05, 0) is 59.7 Å². The predicted molar refractivity (Wildman–Crippen MR) is 119 cm³/mol. The van der Waals surface area contributed by atoms with Gasteiger partial charge in [0.1, 0.15) is 16.6 Å². The van der Waals surface area contributed by atoms with Gasteiger partial charge in [-0.15, -0.1) is 11.3 Å². The summed E-state index contributed by atoms with van der Waals surface area (Å²) in [7, 11) is -3.98. The summed E-state index contributed by atoms with van der Waals surface area (Å²) in [6.07, 6.45) is 0. The second kappa shape index (κ2) is 8.97. The summed E-state index contributed by atoms with van der Waals surface area (Å²) in [6, 6.07) is 13.9. The monoisotopic (exact) mass is 446 g/mol. The quantitative estimate of drug-likeness (QED) is 0.546. The van der Waals surface area contributed by atoms with E-state index in [2.05, 4.69) is 5.32 Å². The maximum atomic E-state index is 13.4. The van der Waals surface area contributed by atoms with Crippen molar-refractivity contribution < 1.29 is 17.6 Å². The van der Waals surface area contributed by atoms with E-state index in [1.54, 1.807) is 11.4 Å². The van der Waals surface area contributed by atoms with Crippen LogP contribution in [-0.2, 0) is 14.8 Å². The first kappa shape index (κ1) is 22.0. The van der Waals surface area contributed by atoms with E-state index in [9.17, 15) is 17.6 Å². The molecule has 0 fully saturated rings. The fourth-order valence-corrected chi connectivity index (χ4v) is 5.62. The van der Waals surface area contributed by atoms with Crippen molar-refractivity contribution in [1.29, 1.82) is 0 Å². The van der Waals surface area contributed by atoms with E-state index in [0.717, 1.165) is 26.8 Å². The molecule has 3 aromatic rings. The van der Waals surface area contributed by atoms with E-state index >= 15 is 0 Å². The number of thiophene rings is 1. The molecule has 5 nitrogen and oxygen atoms in total. The first-order valence-electron chi connectivity index (χ1n) is 9.41. The maximum Gasteiger partial charge on any atom is 0.274 e. The van der Waals surface area contributed by atoms with Crippen LogP contribution in [0.1, 0.15) is 30.9 Å². The Kier molecular flexibility index (Phi) is 6.58. The highest BCUT2D eigenvalue weighted by atomic mass is 32.2.